The summed E-state index contributed by atoms with van der Waals surface area (Å²) >= 11 is 0. The van der Waals surface area contributed by atoms with Crippen molar-refractivity contribution in [1.82, 2.24) is 0 Å². The van der Waals surface area contributed by atoms with Crippen molar-refractivity contribution in [2.24, 2.45) is 11.1 Å². The van der Waals surface area contributed by atoms with Gasteiger partial charge in [-0.25, -0.2) is 0 Å². The Hall–Kier alpha value is -2.21. The lowest BCUT2D eigenvalue weighted by Crippen LogP contribution is -2.20. The van der Waals surface area contributed by atoms with E-state index in [4.69, 9.17) is 4.28 Å². The first-order valence-corrected chi connectivity index (χ1v) is 9.89. The van der Waals surface area contributed by atoms with Gasteiger partial charge in [-0.15, -0.1) is 0 Å². The van der Waals surface area contributed by atoms with E-state index in [-0.39, 0.29) is 16.6 Å². The normalized spacial score (nSPS) is 21.0. The average molecular weight is 359 g/mol. The molecule has 0 amide bonds. The average Bonchev–Trinajstić information content (AvgIpc) is 2.62. The zero-order chi connectivity index (χ0) is 17.9. The largest absolute Gasteiger partial charge is 0.358 e. The molecule has 6 heteroatoms. The molecule has 0 bridgehead atoms. The minimum absolute atomic E-state index is 0.00531. The molecule has 132 valence electrons. The van der Waals surface area contributed by atoms with Crippen LogP contribution in [-0.4, -0.2) is 19.9 Å². The van der Waals surface area contributed by atoms with Crippen LogP contribution in [0.4, 0.5) is 0 Å². The van der Waals surface area contributed by atoms with E-state index in [1.54, 1.807) is 31.2 Å². The summed E-state index contributed by atoms with van der Waals surface area (Å²) in [6.07, 6.45) is 8.61. The van der Waals surface area contributed by atoms with Gasteiger partial charge in [0, 0.05) is 5.57 Å². The number of oxime groups is 1. The van der Waals surface area contributed by atoms with Gasteiger partial charge in [-0.2, -0.15) is 8.42 Å². The van der Waals surface area contributed by atoms with Crippen molar-refractivity contribution < 1.29 is 17.5 Å². The third kappa shape index (κ3) is 4.07. The van der Waals surface area contributed by atoms with Crippen molar-refractivity contribution in [2.45, 2.75) is 43.9 Å². The van der Waals surface area contributed by atoms with E-state index in [0.29, 0.717) is 16.9 Å². The van der Waals surface area contributed by atoms with Crippen molar-refractivity contribution in [3.05, 3.63) is 53.6 Å². The molecular formula is C19H21NO4S. The summed E-state index contributed by atoms with van der Waals surface area (Å²) < 4.78 is 29.2. The Balaban J connectivity index is 1.84. The Morgan fingerprint density at radius 1 is 1.04 bits per heavy atom. The minimum atomic E-state index is -3.97. The van der Waals surface area contributed by atoms with Crippen LogP contribution in [-0.2, 0) is 19.2 Å². The minimum Gasteiger partial charge on any atom is -0.290 e. The van der Waals surface area contributed by atoms with Gasteiger partial charge in [0.05, 0.1) is 0 Å². The van der Waals surface area contributed by atoms with Crippen molar-refractivity contribution >= 4 is 21.6 Å². The standard InChI is InChI=1S/C19H21NO4S/c1-14-12-19(21)17(15-8-4-2-5-9-15)13-18(14)20-24-25(22,23)16-10-6-3-7-11-16/h3,6-7,10-13,15H,2,4-5,8-9H2,1H3/b20-18+. The maximum Gasteiger partial charge on any atom is 0.358 e. The first-order valence-electron chi connectivity index (χ1n) is 8.48. The molecule has 0 spiro atoms. The van der Waals surface area contributed by atoms with Gasteiger partial charge in [-0.05, 0) is 55.5 Å². The van der Waals surface area contributed by atoms with Crippen LogP contribution < -0.4 is 0 Å². The molecule has 0 heterocycles. The first kappa shape index (κ1) is 17.6. The van der Waals surface area contributed by atoms with Crippen LogP contribution in [0.5, 0.6) is 0 Å². The molecule has 1 aromatic rings. The number of allylic oxidation sites excluding steroid dienone is 4. The zero-order valence-corrected chi connectivity index (χ0v) is 15.0. The number of hydrogen-bond donors (Lipinski definition) is 0. The second kappa shape index (κ2) is 7.35. The molecule has 5 nitrogen and oxygen atoms in total. The summed E-state index contributed by atoms with van der Waals surface area (Å²) in [5.41, 5.74) is 1.71. The van der Waals surface area contributed by atoms with E-state index in [1.807, 2.05) is 0 Å². The molecule has 1 saturated carbocycles. The van der Waals surface area contributed by atoms with Gasteiger partial charge in [0.2, 0.25) is 0 Å². The molecule has 1 aromatic carbocycles. The first-order chi connectivity index (χ1) is 12.0. The van der Waals surface area contributed by atoms with Gasteiger partial charge in [0.25, 0.3) is 0 Å². The fourth-order valence-corrected chi connectivity index (χ4v) is 3.99. The monoisotopic (exact) mass is 359 g/mol. The zero-order valence-electron chi connectivity index (χ0n) is 14.1. The van der Waals surface area contributed by atoms with Crippen LogP contribution in [0.25, 0.3) is 0 Å². The van der Waals surface area contributed by atoms with Gasteiger partial charge in [0.1, 0.15) is 10.6 Å². The summed E-state index contributed by atoms with van der Waals surface area (Å²) in [5.74, 6) is 0.218. The van der Waals surface area contributed by atoms with E-state index in [0.717, 1.165) is 25.7 Å². The van der Waals surface area contributed by atoms with Gasteiger partial charge >= 0.3 is 10.1 Å². The van der Waals surface area contributed by atoms with Crippen LogP contribution in [0, 0.1) is 5.92 Å². The lowest BCUT2D eigenvalue weighted by molar-refractivity contribution is -0.112. The maximum atomic E-state index is 12.3. The fourth-order valence-electron chi connectivity index (χ4n) is 3.24. The van der Waals surface area contributed by atoms with Crippen LogP contribution in [0.15, 0.2) is 63.7 Å². The number of benzene rings is 1. The van der Waals surface area contributed by atoms with E-state index in [2.05, 4.69) is 5.16 Å². The lowest BCUT2D eigenvalue weighted by Gasteiger charge is -2.25. The Morgan fingerprint density at radius 2 is 1.72 bits per heavy atom. The number of hydrogen-bond acceptors (Lipinski definition) is 5. The van der Waals surface area contributed by atoms with Crippen molar-refractivity contribution in [3.8, 4) is 0 Å². The molecule has 0 aromatic heterocycles. The summed E-state index contributed by atoms with van der Waals surface area (Å²) in [5, 5.41) is 3.82. The van der Waals surface area contributed by atoms with Crippen LogP contribution >= 0.6 is 0 Å². The molecular weight excluding hydrogens is 338 g/mol. The molecule has 0 saturated heterocycles. The summed E-state index contributed by atoms with van der Waals surface area (Å²) in [7, 11) is -3.97. The Bertz CT molecular complexity index is 845. The highest BCUT2D eigenvalue weighted by Crippen LogP contribution is 2.32. The smallest absolute Gasteiger partial charge is 0.290 e. The number of ketones is 1. The van der Waals surface area contributed by atoms with E-state index in [1.165, 1.54) is 24.6 Å². The molecule has 0 aliphatic heterocycles. The second-order valence-electron chi connectivity index (χ2n) is 6.44. The number of carbonyl (C=O) groups excluding carboxylic acids is 1. The highest BCUT2D eigenvalue weighted by Gasteiger charge is 2.26. The SMILES string of the molecule is CC1=CC(=O)C(C2CCCCC2)=C/C1=N\OS(=O)(=O)c1ccccc1. The number of carbonyl (C=O) groups is 1. The predicted octanol–water partition coefficient (Wildman–Crippen LogP) is 3.78. The highest BCUT2D eigenvalue weighted by molar-refractivity contribution is 7.86. The predicted molar refractivity (Wildman–Crippen MR) is 95.6 cm³/mol. The third-order valence-electron chi connectivity index (χ3n) is 4.64. The number of rotatable bonds is 4. The van der Waals surface area contributed by atoms with Crippen LogP contribution in [0.2, 0.25) is 0 Å². The Labute approximate surface area is 148 Å². The van der Waals surface area contributed by atoms with Crippen molar-refractivity contribution in [3.63, 3.8) is 0 Å². The van der Waals surface area contributed by atoms with Gasteiger partial charge in [-0.1, -0.05) is 42.6 Å². The van der Waals surface area contributed by atoms with Crippen LogP contribution in [0.3, 0.4) is 0 Å². The quantitative estimate of drug-likeness (QED) is 0.606. The molecule has 0 N–H and O–H groups in total. The molecule has 2 aliphatic rings. The maximum absolute atomic E-state index is 12.3. The molecule has 2 aliphatic carbocycles. The second-order valence-corrected chi connectivity index (χ2v) is 7.97. The summed E-state index contributed by atoms with van der Waals surface area (Å²) in [6, 6.07) is 7.87. The molecule has 0 radical (unpaired) electrons. The van der Waals surface area contributed by atoms with Gasteiger partial charge in [0.15, 0.2) is 5.78 Å². The van der Waals surface area contributed by atoms with Gasteiger partial charge in [-0.3, -0.25) is 9.08 Å². The highest BCUT2D eigenvalue weighted by atomic mass is 32.2. The molecule has 3 rings (SSSR count). The topological polar surface area (TPSA) is 72.8 Å². The van der Waals surface area contributed by atoms with Crippen molar-refractivity contribution in [1.29, 1.82) is 0 Å². The van der Waals surface area contributed by atoms with Crippen LogP contribution in [0.1, 0.15) is 39.0 Å². The summed E-state index contributed by atoms with van der Waals surface area (Å²) in [4.78, 5) is 12.4. The lowest BCUT2D eigenvalue weighted by atomic mass is 9.79. The van der Waals surface area contributed by atoms with Gasteiger partial charge < -0.3 is 0 Å². The van der Waals surface area contributed by atoms with E-state index in [9.17, 15) is 13.2 Å². The molecule has 1 fully saturated rings. The van der Waals surface area contributed by atoms with E-state index < -0.39 is 10.1 Å². The van der Waals surface area contributed by atoms with E-state index >= 15 is 0 Å². The summed E-state index contributed by atoms with van der Waals surface area (Å²) in [6.45, 7) is 1.73. The number of nitrogens with zero attached hydrogens (tertiary/aromatic N) is 1. The van der Waals surface area contributed by atoms with Crippen molar-refractivity contribution in [2.75, 3.05) is 0 Å². The Morgan fingerprint density at radius 3 is 2.40 bits per heavy atom. The Kier molecular flexibility index (Phi) is 5.18. The molecule has 0 unspecified atom stereocenters. The molecule has 0 atom stereocenters. The molecule has 25 heavy (non-hydrogen) atoms. The fraction of sp³-hybridized carbons (Fsp3) is 0.368. The third-order valence-corrected chi connectivity index (χ3v) is 5.76.